The first-order chi connectivity index (χ1) is 8.54. The Balaban J connectivity index is 2.55. The van der Waals surface area contributed by atoms with E-state index in [-0.39, 0.29) is 11.9 Å². The van der Waals surface area contributed by atoms with Gasteiger partial charge in [0.2, 0.25) is 0 Å². The molecule has 1 N–H and O–H groups in total. The van der Waals surface area contributed by atoms with Gasteiger partial charge in [-0.2, -0.15) is 0 Å². The fourth-order valence-corrected chi connectivity index (χ4v) is 1.87. The van der Waals surface area contributed by atoms with Crippen molar-refractivity contribution in [3.8, 4) is 0 Å². The predicted octanol–water partition coefficient (Wildman–Crippen LogP) is 3.63. The van der Waals surface area contributed by atoms with Crippen molar-refractivity contribution in [1.29, 1.82) is 0 Å². The molecule has 1 unspecified atom stereocenters. The second kappa shape index (κ2) is 7.72. The zero-order valence-electron chi connectivity index (χ0n) is 11.2. The number of rotatable bonds is 7. The van der Waals surface area contributed by atoms with Crippen LogP contribution in [0.25, 0.3) is 0 Å². The highest BCUT2D eigenvalue weighted by atomic mass is 35.5. The lowest BCUT2D eigenvalue weighted by Crippen LogP contribution is -2.37. The fraction of sp³-hybridized carbons (Fsp3) is 0.571. The van der Waals surface area contributed by atoms with Gasteiger partial charge >= 0.3 is 0 Å². The van der Waals surface area contributed by atoms with Crippen molar-refractivity contribution in [2.24, 2.45) is 5.92 Å². The quantitative estimate of drug-likeness (QED) is 0.819. The molecule has 18 heavy (non-hydrogen) atoms. The van der Waals surface area contributed by atoms with E-state index < -0.39 is 0 Å². The maximum Gasteiger partial charge on any atom is 0.124 e. The molecule has 0 spiro atoms. The van der Waals surface area contributed by atoms with Gasteiger partial charge in [-0.3, -0.25) is 0 Å². The third-order valence-electron chi connectivity index (χ3n) is 2.88. The number of ether oxygens (including phenoxy) is 1. The van der Waals surface area contributed by atoms with Crippen LogP contribution in [0, 0.1) is 11.7 Å². The summed E-state index contributed by atoms with van der Waals surface area (Å²) in [7, 11) is 0. The smallest absolute Gasteiger partial charge is 0.124 e. The molecule has 0 bridgehead atoms. The van der Waals surface area contributed by atoms with Crippen molar-refractivity contribution >= 4 is 11.6 Å². The molecule has 0 aliphatic carbocycles. The molecule has 1 aromatic carbocycles. The Morgan fingerprint density at radius 3 is 2.67 bits per heavy atom. The van der Waals surface area contributed by atoms with Crippen LogP contribution < -0.4 is 5.32 Å². The largest absolute Gasteiger partial charge is 0.380 e. The van der Waals surface area contributed by atoms with Gasteiger partial charge in [-0.05, 0) is 30.5 Å². The minimum atomic E-state index is -0.307. The van der Waals surface area contributed by atoms with Gasteiger partial charge in [0, 0.05) is 24.2 Å². The second-order valence-corrected chi connectivity index (χ2v) is 5.03. The highest BCUT2D eigenvalue weighted by Crippen LogP contribution is 2.17. The minimum absolute atomic E-state index is 0.270. The second-order valence-electron chi connectivity index (χ2n) is 4.63. The number of hydrogen-bond donors (Lipinski definition) is 1. The predicted molar refractivity (Wildman–Crippen MR) is 73.4 cm³/mol. The van der Waals surface area contributed by atoms with Crippen molar-refractivity contribution < 1.29 is 9.13 Å². The molecule has 102 valence electrons. The summed E-state index contributed by atoms with van der Waals surface area (Å²) in [5, 5.41) is 3.86. The summed E-state index contributed by atoms with van der Waals surface area (Å²) in [4.78, 5) is 0. The average molecular weight is 274 g/mol. The Labute approximate surface area is 113 Å². The Hall–Kier alpha value is -0.640. The number of halogens is 2. The van der Waals surface area contributed by atoms with E-state index in [1.807, 2.05) is 6.92 Å². The van der Waals surface area contributed by atoms with Crippen molar-refractivity contribution in [2.75, 3.05) is 13.2 Å². The monoisotopic (exact) mass is 273 g/mol. The average Bonchev–Trinajstić information content (AvgIpc) is 2.31. The molecular formula is C14H21ClFNO. The summed E-state index contributed by atoms with van der Waals surface area (Å²) >= 11 is 5.99. The van der Waals surface area contributed by atoms with Gasteiger partial charge in [0.1, 0.15) is 5.82 Å². The van der Waals surface area contributed by atoms with Crippen molar-refractivity contribution in [3.05, 3.63) is 34.6 Å². The van der Waals surface area contributed by atoms with Crippen LogP contribution in [0.5, 0.6) is 0 Å². The highest BCUT2D eigenvalue weighted by Gasteiger charge is 2.13. The topological polar surface area (TPSA) is 21.3 Å². The molecule has 1 rings (SSSR count). The first-order valence-corrected chi connectivity index (χ1v) is 6.67. The van der Waals surface area contributed by atoms with Gasteiger partial charge in [0.05, 0.1) is 6.61 Å². The van der Waals surface area contributed by atoms with Crippen LogP contribution in [0.2, 0.25) is 5.02 Å². The van der Waals surface area contributed by atoms with Gasteiger partial charge in [-0.25, -0.2) is 4.39 Å². The van der Waals surface area contributed by atoms with Gasteiger partial charge < -0.3 is 10.1 Å². The molecule has 0 fully saturated rings. The number of nitrogens with one attached hydrogen (secondary N) is 1. The van der Waals surface area contributed by atoms with E-state index in [1.165, 1.54) is 12.1 Å². The third kappa shape index (κ3) is 4.92. The molecule has 0 radical (unpaired) electrons. The van der Waals surface area contributed by atoms with E-state index in [9.17, 15) is 4.39 Å². The van der Waals surface area contributed by atoms with Gasteiger partial charge in [-0.1, -0.05) is 31.5 Å². The molecule has 0 aromatic heterocycles. The van der Waals surface area contributed by atoms with E-state index >= 15 is 0 Å². The molecule has 0 aliphatic heterocycles. The molecule has 0 amide bonds. The van der Waals surface area contributed by atoms with Crippen LogP contribution in [-0.4, -0.2) is 19.3 Å². The summed E-state index contributed by atoms with van der Waals surface area (Å²) in [5.74, 6) is 0.161. The number of benzene rings is 1. The normalized spacial score (nSPS) is 13.0. The Bertz CT molecular complexity index is 371. The first kappa shape index (κ1) is 15.4. The van der Waals surface area contributed by atoms with E-state index in [2.05, 4.69) is 19.2 Å². The van der Waals surface area contributed by atoms with E-state index in [0.29, 0.717) is 30.7 Å². The summed E-state index contributed by atoms with van der Waals surface area (Å²) in [6, 6.07) is 4.75. The fourth-order valence-electron chi connectivity index (χ4n) is 1.64. The van der Waals surface area contributed by atoms with Crippen LogP contribution >= 0.6 is 11.6 Å². The molecule has 1 atom stereocenters. The highest BCUT2D eigenvalue weighted by molar-refractivity contribution is 6.31. The van der Waals surface area contributed by atoms with Gasteiger partial charge in [0.25, 0.3) is 0 Å². The van der Waals surface area contributed by atoms with Crippen LogP contribution in [-0.2, 0) is 11.3 Å². The van der Waals surface area contributed by atoms with Crippen LogP contribution in [0.1, 0.15) is 26.3 Å². The minimum Gasteiger partial charge on any atom is -0.380 e. The lowest BCUT2D eigenvalue weighted by Gasteiger charge is -2.22. The van der Waals surface area contributed by atoms with Crippen LogP contribution in [0.3, 0.4) is 0 Å². The zero-order chi connectivity index (χ0) is 13.5. The molecule has 0 aliphatic rings. The Morgan fingerprint density at radius 2 is 2.11 bits per heavy atom. The molecule has 1 aromatic rings. The summed E-state index contributed by atoms with van der Waals surface area (Å²) in [5.41, 5.74) is 0.903. The standard InChI is InChI=1S/C14H21ClFNO/c1-4-18-9-14(10(2)3)17-8-11-5-6-12(16)7-13(11)15/h5-7,10,14,17H,4,8-9H2,1-3H3. The lowest BCUT2D eigenvalue weighted by atomic mass is 10.0. The van der Waals surface area contributed by atoms with Crippen LogP contribution in [0.4, 0.5) is 4.39 Å². The van der Waals surface area contributed by atoms with Gasteiger partial charge in [0.15, 0.2) is 0 Å². The van der Waals surface area contributed by atoms with Crippen molar-refractivity contribution in [1.82, 2.24) is 5.32 Å². The summed E-state index contributed by atoms with van der Waals surface area (Å²) in [6.45, 7) is 8.27. The molecule has 0 heterocycles. The molecular weight excluding hydrogens is 253 g/mol. The van der Waals surface area contributed by atoms with E-state index in [1.54, 1.807) is 6.07 Å². The number of hydrogen-bond acceptors (Lipinski definition) is 2. The third-order valence-corrected chi connectivity index (χ3v) is 3.23. The first-order valence-electron chi connectivity index (χ1n) is 6.29. The summed E-state index contributed by atoms with van der Waals surface area (Å²) in [6.07, 6.45) is 0. The van der Waals surface area contributed by atoms with E-state index in [0.717, 1.165) is 5.56 Å². The summed E-state index contributed by atoms with van der Waals surface area (Å²) < 4.78 is 18.4. The van der Waals surface area contributed by atoms with Crippen molar-refractivity contribution in [3.63, 3.8) is 0 Å². The molecule has 0 saturated heterocycles. The van der Waals surface area contributed by atoms with Gasteiger partial charge in [-0.15, -0.1) is 0 Å². The van der Waals surface area contributed by atoms with E-state index in [4.69, 9.17) is 16.3 Å². The van der Waals surface area contributed by atoms with Crippen molar-refractivity contribution in [2.45, 2.75) is 33.4 Å². The van der Waals surface area contributed by atoms with Crippen LogP contribution in [0.15, 0.2) is 18.2 Å². The molecule has 2 nitrogen and oxygen atoms in total. The Morgan fingerprint density at radius 1 is 1.39 bits per heavy atom. The zero-order valence-corrected chi connectivity index (χ0v) is 11.9. The maximum absolute atomic E-state index is 12.9. The molecule has 0 saturated carbocycles. The molecule has 4 heteroatoms. The lowest BCUT2D eigenvalue weighted by molar-refractivity contribution is 0.108. The SMILES string of the molecule is CCOCC(NCc1ccc(F)cc1Cl)C(C)C. The maximum atomic E-state index is 12.9. The Kier molecular flexibility index (Phi) is 6.61.